The maximum Gasteiger partial charge on any atom is 0.127 e. The zero-order valence-electron chi connectivity index (χ0n) is 12.6. The van der Waals surface area contributed by atoms with E-state index in [-0.39, 0.29) is 11.4 Å². The molecule has 1 rings (SSSR count). The standard InChI is InChI=1S/C16H26FNO/c1-5-6-7-8-19-15-10-13(9-14(17)11-15)12-18-16(2,3)4/h9-11,18H,5-8,12H2,1-4H3. The molecule has 0 aliphatic heterocycles. The molecule has 0 fully saturated rings. The third-order valence-electron chi connectivity index (χ3n) is 2.77. The molecule has 0 heterocycles. The second kappa shape index (κ2) is 7.49. The smallest absolute Gasteiger partial charge is 0.127 e. The van der Waals surface area contributed by atoms with E-state index in [4.69, 9.17) is 4.74 Å². The maximum absolute atomic E-state index is 13.5. The molecule has 0 aliphatic carbocycles. The molecule has 0 bridgehead atoms. The average Bonchev–Trinajstić information content (AvgIpc) is 2.31. The first-order valence-electron chi connectivity index (χ1n) is 7.08. The van der Waals surface area contributed by atoms with Gasteiger partial charge in [-0.15, -0.1) is 0 Å². The largest absolute Gasteiger partial charge is 0.493 e. The van der Waals surface area contributed by atoms with Gasteiger partial charge in [0.15, 0.2) is 0 Å². The molecule has 0 saturated heterocycles. The number of ether oxygens (including phenoxy) is 1. The van der Waals surface area contributed by atoms with Gasteiger partial charge in [-0.25, -0.2) is 4.39 Å². The van der Waals surface area contributed by atoms with Crippen molar-refractivity contribution in [3.63, 3.8) is 0 Å². The summed E-state index contributed by atoms with van der Waals surface area (Å²) in [6.07, 6.45) is 3.32. The Labute approximate surface area is 116 Å². The lowest BCUT2D eigenvalue weighted by Gasteiger charge is -2.20. The maximum atomic E-state index is 13.5. The number of nitrogens with one attached hydrogen (secondary N) is 1. The highest BCUT2D eigenvalue weighted by Crippen LogP contribution is 2.17. The minimum Gasteiger partial charge on any atom is -0.493 e. The summed E-state index contributed by atoms with van der Waals surface area (Å²) in [6, 6.07) is 4.91. The number of rotatable bonds is 7. The lowest BCUT2D eigenvalue weighted by atomic mass is 10.1. The number of benzene rings is 1. The molecule has 0 aromatic heterocycles. The molecule has 1 N–H and O–H groups in total. The summed E-state index contributed by atoms with van der Waals surface area (Å²) in [6.45, 7) is 9.73. The lowest BCUT2D eigenvalue weighted by molar-refractivity contribution is 0.304. The topological polar surface area (TPSA) is 21.3 Å². The Hall–Kier alpha value is -1.09. The summed E-state index contributed by atoms with van der Waals surface area (Å²) in [5, 5.41) is 3.35. The molecular weight excluding hydrogens is 241 g/mol. The fourth-order valence-corrected chi connectivity index (χ4v) is 1.72. The molecule has 19 heavy (non-hydrogen) atoms. The van der Waals surface area contributed by atoms with Gasteiger partial charge in [-0.3, -0.25) is 0 Å². The number of unbranched alkanes of at least 4 members (excludes halogenated alkanes) is 2. The van der Waals surface area contributed by atoms with Crippen molar-refractivity contribution in [2.24, 2.45) is 0 Å². The van der Waals surface area contributed by atoms with Crippen LogP contribution < -0.4 is 10.1 Å². The van der Waals surface area contributed by atoms with Crippen LogP contribution in [0.5, 0.6) is 5.75 Å². The number of halogens is 1. The van der Waals surface area contributed by atoms with Gasteiger partial charge in [0.2, 0.25) is 0 Å². The molecule has 0 spiro atoms. The van der Waals surface area contributed by atoms with Crippen LogP contribution in [-0.2, 0) is 6.54 Å². The van der Waals surface area contributed by atoms with Crippen molar-refractivity contribution >= 4 is 0 Å². The molecule has 3 heteroatoms. The van der Waals surface area contributed by atoms with Gasteiger partial charge in [-0.2, -0.15) is 0 Å². The van der Waals surface area contributed by atoms with Crippen molar-refractivity contribution in [3.05, 3.63) is 29.6 Å². The van der Waals surface area contributed by atoms with Crippen LogP contribution in [0.15, 0.2) is 18.2 Å². The summed E-state index contributed by atoms with van der Waals surface area (Å²) >= 11 is 0. The van der Waals surface area contributed by atoms with Crippen LogP contribution >= 0.6 is 0 Å². The Balaban J connectivity index is 2.56. The van der Waals surface area contributed by atoms with Crippen LogP contribution in [0, 0.1) is 5.82 Å². The van der Waals surface area contributed by atoms with Gasteiger partial charge in [-0.1, -0.05) is 19.8 Å². The monoisotopic (exact) mass is 267 g/mol. The van der Waals surface area contributed by atoms with Crippen LogP contribution in [0.1, 0.15) is 52.5 Å². The van der Waals surface area contributed by atoms with E-state index in [1.54, 1.807) is 6.07 Å². The normalized spacial score (nSPS) is 11.6. The first-order chi connectivity index (χ1) is 8.90. The van der Waals surface area contributed by atoms with Gasteiger partial charge in [0.05, 0.1) is 6.61 Å². The minimum absolute atomic E-state index is 0.0223. The van der Waals surface area contributed by atoms with Crippen molar-refractivity contribution in [1.82, 2.24) is 5.32 Å². The second-order valence-corrected chi connectivity index (χ2v) is 5.95. The zero-order chi connectivity index (χ0) is 14.3. The minimum atomic E-state index is -0.237. The Morgan fingerprint density at radius 2 is 1.89 bits per heavy atom. The molecule has 0 saturated carbocycles. The second-order valence-electron chi connectivity index (χ2n) is 5.95. The van der Waals surface area contributed by atoms with Gasteiger partial charge < -0.3 is 10.1 Å². The number of hydrogen-bond acceptors (Lipinski definition) is 2. The zero-order valence-corrected chi connectivity index (χ0v) is 12.6. The fourth-order valence-electron chi connectivity index (χ4n) is 1.72. The van der Waals surface area contributed by atoms with Crippen molar-refractivity contribution in [3.8, 4) is 5.75 Å². The van der Waals surface area contributed by atoms with Crippen molar-refractivity contribution in [2.75, 3.05) is 6.61 Å². The first kappa shape index (κ1) is 16.0. The molecule has 0 unspecified atom stereocenters. The summed E-state index contributed by atoms with van der Waals surface area (Å²) in [5.74, 6) is 0.389. The molecule has 0 amide bonds. The van der Waals surface area contributed by atoms with Gasteiger partial charge in [0, 0.05) is 18.2 Å². The van der Waals surface area contributed by atoms with Gasteiger partial charge in [-0.05, 0) is 44.9 Å². The Morgan fingerprint density at radius 1 is 1.16 bits per heavy atom. The highest BCUT2D eigenvalue weighted by molar-refractivity contribution is 5.29. The fraction of sp³-hybridized carbons (Fsp3) is 0.625. The number of hydrogen-bond donors (Lipinski definition) is 1. The Kier molecular flexibility index (Phi) is 6.29. The third-order valence-corrected chi connectivity index (χ3v) is 2.77. The molecule has 1 aromatic rings. The highest BCUT2D eigenvalue weighted by Gasteiger charge is 2.09. The quantitative estimate of drug-likeness (QED) is 0.744. The average molecular weight is 267 g/mol. The summed E-state index contributed by atoms with van der Waals surface area (Å²) in [4.78, 5) is 0. The van der Waals surface area contributed by atoms with E-state index in [1.165, 1.54) is 6.07 Å². The summed E-state index contributed by atoms with van der Waals surface area (Å²) in [7, 11) is 0. The van der Waals surface area contributed by atoms with E-state index in [2.05, 4.69) is 33.0 Å². The van der Waals surface area contributed by atoms with E-state index in [0.717, 1.165) is 24.8 Å². The van der Waals surface area contributed by atoms with Crippen molar-refractivity contribution < 1.29 is 9.13 Å². The van der Waals surface area contributed by atoms with Gasteiger partial charge in [0.25, 0.3) is 0 Å². The molecule has 2 nitrogen and oxygen atoms in total. The van der Waals surface area contributed by atoms with E-state index in [0.29, 0.717) is 18.9 Å². The Bertz CT molecular complexity index is 385. The molecule has 0 atom stereocenters. The van der Waals surface area contributed by atoms with Crippen LogP contribution in [-0.4, -0.2) is 12.1 Å². The Morgan fingerprint density at radius 3 is 2.53 bits per heavy atom. The summed E-state index contributed by atoms with van der Waals surface area (Å²) < 4.78 is 19.1. The predicted octanol–water partition coefficient (Wildman–Crippen LogP) is 4.28. The van der Waals surface area contributed by atoms with Crippen LogP contribution in [0.4, 0.5) is 4.39 Å². The molecule has 1 aromatic carbocycles. The van der Waals surface area contributed by atoms with Crippen molar-refractivity contribution in [1.29, 1.82) is 0 Å². The van der Waals surface area contributed by atoms with Gasteiger partial charge >= 0.3 is 0 Å². The molecule has 0 aliphatic rings. The van der Waals surface area contributed by atoms with Crippen LogP contribution in [0.25, 0.3) is 0 Å². The van der Waals surface area contributed by atoms with E-state index >= 15 is 0 Å². The molecule has 0 radical (unpaired) electrons. The van der Waals surface area contributed by atoms with Crippen LogP contribution in [0.2, 0.25) is 0 Å². The molecule has 108 valence electrons. The van der Waals surface area contributed by atoms with E-state index in [1.807, 2.05) is 6.07 Å². The van der Waals surface area contributed by atoms with E-state index in [9.17, 15) is 4.39 Å². The third kappa shape index (κ3) is 7.16. The van der Waals surface area contributed by atoms with Gasteiger partial charge in [0.1, 0.15) is 11.6 Å². The highest BCUT2D eigenvalue weighted by atomic mass is 19.1. The summed E-state index contributed by atoms with van der Waals surface area (Å²) in [5.41, 5.74) is 0.939. The van der Waals surface area contributed by atoms with E-state index < -0.39 is 0 Å². The van der Waals surface area contributed by atoms with Crippen LogP contribution in [0.3, 0.4) is 0 Å². The van der Waals surface area contributed by atoms with Crippen molar-refractivity contribution in [2.45, 2.75) is 59.0 Å². The molecular formula is C16H26FNO. The lowest BCUT2D eigenvalue weighted by Crippen LogP contribution is -2.35. The first-order valence-corrected chi connectivity index (χ1v) is 7.08. The SMILES string of the molecule is CCCCCOc1cc(F)cc(CNC(C)(C)C)c1. The predicted molar refractivity (Wildman–Crippen MR) is 78.0 cm³/mol.